The average Bonchev–Trinajstić information content (AvgIpc) is 2.85. The molecule has 0 saturated carbocycles. The van der Waals surface area contributed by atoms with E-state index in [0.717, 1.165) is 10.1 Å². The van der Waals surface area contributed by atoms with Crippen molar-refractivity contribution in [3.05, 3.63) is 59.2 Å². The monoisotopic (exact) mass is 288 g/mol. The van der Waals surface area contributed by atoms with E-state index in [9.17, 15) is 4.79 Å². The van der Waals surface area contributed by atoms with Crippen LogP contribution in [0.3, 0.4) is 0 Å². The second kappa shape index (κ2) is 4.99. The number of fused-ring (bicyclic) bond motifs is 1. The number of carbonyl (C=O) groups excluding carboxylic acids is 1. The van der Waals surface area contributed by atoms with E-state index in [-0.39, 0.29) is 5.91 Å². The number of carbonyl (C=O) groups is 1. The summed E-state index contributed by atoms with van der Waals surface area (Å²) >= 11 is 7.33. The molecule has 0 aliphatic heterocycles. The first-order valence-electron chi connectivity index (χ1n) is 5.66. The van der Waals surface area contributed by atoms with Crippen molar-refractivity contribution < 1.29 is 4.79 Å². The van der Waals surface area contributed by atoms with Gasteiger partial charge in [0.1, 0.15) is 5.69 Å². The van der Waals surface area contributed by atoms with Gasteiger partial charge in [0.2, 0.25) is 0 Å². The minimum absolute atomic E-state index is 0.245. The normalized spacial score (nSPS) is 10.6. The molecule has 0 saturated heterocycles. The Balaban J connectivity index is 1.95. The van der Waals surface area contributed by atoms with Crippen LogP contribution in [-0.4, -0.2) is 10.3 Å². The second-order valence-electron chi connectivity index (χ2n) is 3.96. The highest BCUT2D eigenvalue weighted by Crippen LogP contribution is 2.25. The fourth-order valence-electron chi connectivity index (χ4n) is 1.79. The van der Waals surface area contributed by atoms with Crippen molar-refractivity contribution in [3.63, 3.8) is 0 Å². The van der Waals surface area contributed by atoms with Crippen molar-refractivity contribution in [2.45, 2.75) is 0 Å². The van der Waals surface area contributed by atoms with Crippen LogP contribution in [-0.2, 0) is 0 Å². The molecule has 3 aromatic rings. The molecule has 3 rings (SSSR count). The van der Waals surface area contributed by atoms with Crippen molar-refractivity contribution in [2.24, 2.45) is 0 Å². The fraction of sp³-hybridized carbons (Fsp3) is 0. The molecule has 0 spiro atoms. The average molecular weight is 289 g/mol. The van der Waals surface area contributed by atoms with E-state index in [1.165, 1.54) is 11.5 Å². The molecule has 1 N–H and O–H groups in total. The lowest BCUT2D eigenvalue weighted by Crippen LogP contribution is -2.12. The molecule has 19 heavy (non-hydrogen) atoms. The van der Waals surface area contributed by atoms with Gasteiger partial charge < -0.3 is 5.32 Å². The zero-order valence-electron chi connectivity index (χ0n) is 9.76. The molecule has 1 heterocycles. The molecule has 0 bridgehead atoms. The first kappa shape index (κ1) is 12.1. The van der Waals surface area contributed by atoms with E-state index in [1.54, 1.807) is 12.1 Å². The molecule has 3 nitrogen and oxygen atoms in total. The van der Waals surface area contributed by atoms with Crippen LogP contribution in [0.5, 0.6) is 0 Å². The lowest BCUT2D eigenvalue weighted by atomic mass is 10.2. The number of benzene rings is 2. The molecule has 1 amide bonds. The van der Waals surface area contributed by atoms with Gasteiger partial charge in [0, 0.05) is 5.39 Å². The fourth-order valence-corrected chi connectivity index (χ4v) is 2.75. The van der Waals surface area contributed by atoms with E-state index in [0.29, 0.717) is 16.4 Å². The maximum absolute atomic E-state index is 12.2. The van der Waals surface area contributed by atoms with Crippen LogP contribution < -0.4 is 5.32 Å². The third-order valence-electron chi connectivity index (χ3n) is 2.71. The third-order valence-corrected chi connectivity index (χ3v) is 3.87. The van der Waals surface area contributed by atoms with Crippen LogP contribution in [0, 0.1) is 0 Å². The summed E-state index contributed by atoms with van der Waals surface area (Å²) in [5.74, 6) is -0.245. The van der Waals surface area contributed by atoms with Crippen LogP contribution in [0.4, 0.5) is 5.69 Å². The second-order valence-corrected chi connectivity index (χ2v) is 5.17. The van der Waals surface area contributed by atoms with E-state index in [4.69, 9.17) is 11.6 Å². The maximum atomic E-state index is 12.2. The Kier molecular flexibility index (Phi) is 3.19. The predicted molar refractivity (Wildman–Crippen MR) is 79.0 cm³/mol. The maximum Gasteiger partial charge on any atom is 0.276 e. The minimum Gasteiger partial charge on any atom is -0.319 e. The van der Waals surface area contributed by atoms with Crippen LogP contribution in [0.1, 0.15) is 10.5 Å². The zero-order chi connectivity index (χ0) is 13.2. The molecule has 0 aliphatic carbocycles. The molecule has 0 unspecified atom stereocenters. The number of nitrogens with zero attached hydrogens (tertiary/aromatic N) is 1. The number of aromatic nitrogens is 1. The van der Waals surface area contributed by atoms with Gasteiger partial charge in [0.05, 0.1) is 15.4 Å². The van der Waals surface area contributed by atoms with Gasteiger partial charge in [0.25, 0.3) is 5.91 Å². The Morgan fingerprint density at radius 1 is 1.11 bits per heavy atom. The van der Waals surface area contributed by atoms with Crippen LogP contribution in [0.25, 0.3) is 10.1 Å². The van der Waals surface area contributed by atoms with Crippen molar-refractivity contribution in [1.82, 2.24) is 4.37 Å². The van der Waals surface area contributed by atoms with Gasteiger partial charge in [-0.15, -0.1) is 0 Å². The summed E-state index contributed by atoms with van der Waals surface area (Å²) in [5, 5.41) is 4.15. The van der Waals surface area contributed by atoms with Crippen LogP contribution >= 0.6 is 23.1 Å². The summed E-state index contributed by atoms with van der Waals surface area (Å²) in [4.78, 5) is 12.2. The van der Waals surface area contributed by atoms with Crippen molar-refractivity contribution >= 4 is 44.8 Å². The number of para-hydroxylation sites is 1. The van der Waals surface area contributed by atoms with Crippen molar-refractivity contribution in [2.75, 3.05) is 5.32 Å². The van der Waals surface area contributed by atoms with Gasteiger partial charge >= 0.3 is 0 Å². The number of amides is 1. The number of anilines is 1. The third kappa shape index (κ3) is 2.32. The van der Waals surface area contributed by atoms with Gasteiger partial charge in [-0.3, -0.25) is 4.79 Å². The summed E-state index contributed by atoms with van der Waals surface area (Å²) in [7, 11) is 0. The van der Waals surface area contributed by atoms with Gasteiger partial charge in [-0.1, -0.05) is 41.9 Å². The Morgan fingerprint density at radius 2 is 1.84 bits per heavy atom. The molecule has 0 radical (unpaired) electrons. The number of hydrogen-bond donors (Lipinski definition) is 1. The van der Waals surface area contributed by atoms with E-state index in [2.05, 4.69) is 9.69 Å². The first-order chi connectivity index (χ1) is 9.25. The van der Waals surface area contributed by atoms with Gasteiger partial charge in [-0.25, -0.2) is 0 Å². The molecule has 0 fully saturated rings. The number of rotatable bonds is 2. The largest absolute Gasteiger partial charge is 0.319 e. The molecule has 1 aromatic heterocycles. The van der Waals surface area contributed by atoms with Crippen LogP contribution in [0.2, 0.25) is 5.02 Å². The SMILES string of the molecule is O=C(Nc1ccccc1Cl)c1nsc2ccccc12. The first-order valence-corrected chi connectivity index (χ1v) is 6.81. The quantitative estimate of drug-likeness (QED) is 0.768. The van der Waals surface area contributed by atoms with Crippen LogP contribution in [0.15, 0.2) is 48.5 Å². The predicted octanol–water partition coefficient (Wildman–Crippen LogP) is 4.20. The van der Waals surface area contributed by atoms with Gasteiger partial charge in [-0.2, -0.15) is 4.37 Å². The Hall–Kier alpha value is -1.91. The number of nitrogens with one attached hydrogen (secondary N) is 1. The lowest BCUT2D eigenvalue weighted by Gasteiger charge is -2.05. The van der Waals surface area contributed by atoms with E-state index < -0.39 is 0 Å². The number of hydrogen-bond acceptors (Lipinski definition) is 3. The highest BCUT2D eigenvalue weighted by atomic mass is 35.5. The lowest BCUT2D eigenvalue weighted by molar-refractivity contribution is 0.102. The Labute approximate surface area is 119 Å². The van der Waals surface area contributed by atoms with Crippen molar-refractivity contribution in [3.8, 4) is 0 Å². The summed E-state index contributed by atoms with van der Waals surface area (Å²) in [5.41, 5.74) is 1.02. The molecule has 2 aromatic carbocycles. The molecule has 0 atom stereocenters. The molecule has 94 valence electrons. The standard InChI is InChI=1S/C14H9ClN2OS/c15-10-6-2-3-7-11(10)16-14(18)13-9-5-1-4-8-12(9)19-17-13/h1-8H,(H,16,18). The zero-order valence-corrected chi connectivity index (χ0v) is 11.3. The molecule has 5 heteroatoms. The number of halogens is 1. The summed E-state index contributed by atoms with van der Waals surface area (Å²) in [6.07, 6.45) is 0. The molecule has 0 aliphatic rings. The Bertz CT molecular complexity index is 754. The van der Waals surface area contributed by atoms with Gasteiger partial charge in [-0.05, 0) is 29.7 Å². The minimum atomic E-state index is -0.245. The summed E-state index contributed by atoms with van der Waals surface area (Å²) < 4.78 is 5.20. The Morgan fingerprint density at radius 3 is 2.68 bits per heavy atom. The molecular weight excluding hydrogens is 280 g/mol. The van der Waals surface area contributed by atoms with Gasteiger partial charge in [0.15, 0.2) is 0 Å². The molecular formula is C14H9ClN2OS. The highest BCUT2D eigenvalue weighted by molar-refractivity contribution is 7.13. The van der Waals surface area contributed by atoms with Crippen molar-refractivity contribution in [1.29, 1.82) is 0 Å². The topological polar surface area (TPSA) is 42.0 Å². The van der Waals surface area contributed by atoms with E-state index in [1.807, 2.05) is 36.4 Å². The summed E-state index contributed by atoms with van der Waals surface area (Å²) in [6.45, 7) is 0. The van der Waals surface area contributed by atoms with E-state index >= 15 is 0 Å². The highest BCUT2D eigenvalue weighted by Gasteiger charge is 2.14. The summed E-state index contributed by atoms with van der Waals surface area (Å²) in [6, 6.07) is 14.8. The smallest absolute Gasteiger partial charge is 0.276 e.